The molecule has 3 rings (SSSR count). The number of hydrazone groups is 1. The van der Waals surface area contributed by atoms with Crippen molar-refractivity contribution in [2.45, 2.75) is 13.8 Å². The number of carbonyl (C=O) groups excluding carboxylic acids is 2. The summed E-state index contributed by atoms with van der Waals surface area (Å²) < 4.78 is 5.23. The van der Waals surface area contributed by atoms with Gasteiger partial charge in [-0.15, -0.1) is 0 Å². The van der Waals surface area contributed by atoms with Gasteiger partial charge < -0.3 is 10.1 Å². The van der Waals surface area contributed by atoms with Crippen LogP contribution in [0.15, 0.2) is 65.8 Å². The second-order valence-corrected chi connectivity index (χ2v) is 6.39. The largest absolute Gasteiger partial charge is 0.497 e. The van der Waals surface area contributed by atoms with Crippen LogP contribution in [0, 0.1) is 6.92 Å². The van der Waals surface area contributed by atoms with Crippen LogP contribution < -0.4 is 15.5 Å². The normalized spacial score (nSPS) is 11.2. The highest BCUT2D eigenvalue weighted by atomic mass is 16.5. The van der Waals surface area contributed by atoms with Crippen molar-refractivity contribution in [1.82, 2.24) is 5.43 Å². The van der Waals surface area contributed by atoms with Gasteiger partial charge >= 0.3 is 11.8 Å². The molecule has 142 valence electrons. The molecule has 6 nitrogen and oxygen atoms in total. The number of nitrogens with one attached hydrogen (secondary N) is 2. The van der Waals surface area contributed by atoms with Gasteiger partial charge in [-0.25, -0.2) is 5.43 Å². The van der Waals surface area contributed by atoms with Crippen LogP contribution in [-0.2, 0) is 9.59 Å². The Bertz CT molecular complexity index is 1060. The summed E-state index contributed by atoms with van der Waals surface area (Å²) in [5.41, 5.74) is 5.35. The Morgan fingerprint density at radius 1 is 0.893 bits per heavy atom. The van der Waals surface area contributed by atoms with Gasteiger partial charge in [0.25, 0.3) is 0 Å². The molecule has 0 unspecified atom stereocenters. The lowest BCUT2D eigenvalue weighted by molar-refractivity contribution is -0.136. The van der Waals surface area contributed by atoms with Crippen molar-refractivity contribution in [3.63, 3.8) is 0 Å². The molecule has 28 heavy (non-hydrogen) atoms. The molecule has 3 aromatic carbocycles. The number of fused-ring (bicyclic) bond motifs is 1. The molecular formula is C22H21N3O3. The number of aryl methyl sites for hydroxylation is 1. The second kappa shape index (κ2) is 8.35. The van der Waals surface area contributed by atoms with E-state index in [-0.39, 0.29) is 0 Å². The lowest BCUT2D eigenvalue weighted by atomic mass is 10.0. The fourth-order valence-corrected chi connectivity index (χ4v) is 2.65. The first-order valence-electron chi connectivity index (χ1n) is 8.77. The number of hydrogen-bond acceptors (Lipinski definition) is 4. The Labute approximate surface area is 163 Å². The minimum atomic E-state index is -0.828. The SMILES string of the molecule is COc1ccc2cc(/C(C)=N\NC(=O)C(=O)Nc3ccc(C)cc3)ccc2c1. The summed E-state index contributed by atoms with van der Waals surface area (Å²) in [6.45, 7) is 3.71. The summed E-state index contributed by atoms with van der Waals surface area (Å²) in [6, 6.07) is 18.8. The summed E-state index contributed by atoms with van der Waals surface area (Å²) in [6.07, 6.45) is 0. The molecule has 0 heterocycles. The van der Waals surface area contributed by atoms with Gasteiger partial charge in [-0.1, -0.05) is 35.9 Å². The van der Waals surface area contributed by atoms with Crippen molar-refractivity contribution in [2.75, 3.05) is 12.4 Å². The van der Waals surface area contributed by atoms with Crippen LogP contribution in [0.1, 0.15) is 18.1 Å². The Hall–Kier alpha value is -3.67. The number of anilines is 1. The Kier molecular flexibility index (Phi) is 5.69. The van der Waals surface area contributed by atoms with Gasteiger partial charge in [0, 0.05) is 5.69 Å². The lowest BCUT2D eigenvalue weighted by Crippen LogP contribution is -2.32. The number of benzene rings is 3. The third-order valence-electron chi connectivity index (χ3n) is 4.31. The van der Waals surface area contributed by atoms with Gasteiger partial charge in [0.15, 0.2) is 0 Å². The standard InChI is InChI=1S/C22H21N3O3/c1-14-4-9-19(10-5-14)23-21(26)22(27)25-24-15(2)16-6-7-18-13-20(28-3)11-8-17(18)12-16/h4-13H,1-3H3,(H,23,26)(H,25,27)/b24-15-. The Morgan fingerprint density at radius 2 is 1.57 bits per heavy atom. The van der Waals surface area contributed by atoms with Gasteiger partial charge in [0.2, 0.25) is 0 Å². The number of hydrogen-bond donors (Lipinski definition) is 2. The van der Waals surface area contributed by atoms with Crippen molar-refractivity contribution in [1.29, 1.82) is 0 Å². The molecule has 0 fully saturated rings. The number of carbonyl (C=O) groups is 2. The molecule has 6 heteroatoms. The molecule has 0 aromatic heterocycles. The van der Waals surface area contributed by atoms with Gasteiger partial charge in [0.1, 0.15) is 5.75 Å². The van der Waals surface area contributed by atoms with E-state index in [1.54, 1.807) is 26.2 Å². The van der Waals surface area contributed by atoms with Crippen molar-refractivity contribution in [2.24, 2.45) is 5.10 Å². The third-order valence-corrected chi connectivity index (χ3v) is 4.31. The van der Waals surface area contributed by atoms with E-state index in [4.69, 9.17) is 4.74 Å². The first-order valence-corrected chi connectivity index (χ1v) is 8.77. The van der Waals surface area contributed by atoms with Crippen molar-refractivity contribution in [3.8, 4) is 5.75 Å². The number of methoxy groups -OCH3 is 1. The average molecular weight is 375 g/mol. The second-order valence-electron chi connectivity index (χ2n) is 6.39. The number of ether oxygens (including phenoxy) is 1. The molecular weight excluding hydrogens is 354 g/mol. The summed E-state index contributed by atoms with van der Waals surface area (Å²) in [7, 11) is 1.63. The van der Waals surface area contributed by atoms with E-state index in [0.29, 0.717) is 11.4 Å². The molecule has 0 aliphatic heterocycles. The summed E-state index contributed by atoms with van der Waals surface area (Å²) in [5, 5.41) is 8.64. The minimum Gasteiger partial charge on any atom is -0.497 e. The minimum absolute atomic E-state index is 0.552. The summed E-state index contributed by atoms with van der Waals surface area (Å²) in [4.78, 5) is 24.0. The molecule has 0 aliphatic rings. The summed E-state index contributed by atoms with van der Waals surface area (Å²) >= 11 is 0. The van der Waals surface area contributed by atoms with Crippen molar-refractivity contribution in [3.05, 3.63) is 71.8 Å². The lowest BCUT2D eigenvalue weighted by Gasteiger charge is -2.07. The smallest absolute Gasteiger partial charge is 0.329 e. The van der Waals surface area contributed by atoms with Gasteiger partial charge in [-0.2, -0.15) is 5.10 Å². The van der Waals surface area contributed by atoms with Crippen LogP contribution in [0.5, 0.6) is 5.75 Å². The van der Waals surface area contributed by atoms with E-state index in [9.17, 15) is 9.59 Å². The fraction of sp³-hybridized carbons (Fsp3) is 0.136. The van der Waals surface area contributed by atoms with E-state index < -0.39 is 11.8 Å². The molecule has 0 spiro atoms. The molecule has 2 amide bonds. The predicted octanol–water partition coefficient (Wildman–Crippen LogP) is 3.64. The van der Waals surface area contributed by atoms with Crippen LogP contribution in [0.25, 0.3) is 10.8 Å². The van der Waals surface area contributed by atoms with E-state index >= 15 is 0 Å². The van der Waals surface area contributed by atoms with Crippen LogP contribution >= 0.6 is 0 Å². The summed E-state index contributed by atoms with van der Waals surface area (Å²) in [5.74, 6) is -0.811. The van der Waals surface area contributed by atoms with E-state index in [1.807, 2.05) is 55.5 Å². The van der Waals surface area contributed by atoms with Crippen LogP contribution in [0.4, 0.5) is 5.69 Å². The monoisotopic (exact) mass is 375 g/mol. The zero-order valence-corrected chi connectivity index (χ0v) is 15.9. The highest BCUT2D eigenvalue weighted by molar-refractivity contribution is 6.39. The molecule has 0 saturated carbocycles. The third kappa shape index (κ3) is 4.54. The van der Waals surface area contributed by atoms with Gasteiger partial charge in [0.05, 0.1) is 12.8 Å². The van der Waals surface area contributed by atoms with Crippen LogP contribution in [0.3, 0.4) is 0 Å². The molecule has 0 atom stereocenters. The first kappa shape index (κ1) is 19.1. The molecule has 0 aliphatic carbocycles. The number of rotatable bonds is 4. The topological polar surface area (TPSA) is 79.8 Å². The van der Waals surface area contributed by atoms with Gasteiger partial charge in [-0.3, -0.25) is 9.59 Å². The molecule has 0 saturated heterocycles. The van der Waals surface area contributed by atoms with Crippen LogP contribution in [0.2, 0.25) is 0 Å². The molecule has 2 N–H and O–H groups in total. The maximum atomic E-state index is 12.0. The quantitative estimate of drug-likeness (QED) is 0.415. The molecule has 0 radical (unpaired) electrons. The molecule has 0 bridgehead atoms. The Balaban J connectivity index is 1.67. The van der Waals surface area contributed by atoms with E-state index in [2.05, 4.69) is 15.8 Å². The zero-order chi connectivity index (χ0) is 20.1. The fourth-order valence-electron chi connectivity index (χ4n) is 2.65. The van der Waals surface area contributed by atoms with E-state index in [1.165, 1.54) is 0 Å². The van der Waals surface area contributed by atoms with Crippen molar-refractivity contribution < 1.29 is 14.3 Å². The van der Waals surface area contributed by atoms with Crippen molar-refractivity contribution >= 4 is 34.0 Å². The highest BCUT2D eigenvalue weighted by Crippen LogP contribution is 2.22. The van der Waals surface area contributed by atoms with Gasteiger partial charge in [-0.05, 0) is 60.5 Å². The first-order chi connectivity index (χ1) is 13.5. The zero-order valence-electron chi connectivity index (χ0n) is 15.9. The Morgan fingerprint density at radius 3 is 2.29 bits per heavy atom. The maximum absolute atomic E-state index is 12.0. The number of nitrogens with zero attached hydrogens (tertiary/aromatic N) is 1. The predicted molar refractivity (Wildman–Crippen MR) is 111 cm³/mol. The van der Waals surface area contributed by atoms with Crippen LogP contribution in [-0.4, -0.2) is 24.6 Å². The molecule has 3 aromatic rings. The highest BCUT2D eigenvalue weighted by Gasteiger charge is 2.13. The maximum Gasteiger partial charge on any atom is 0.329 e. The average Bonchev–Trinajstić information content (AvgIpc) is 2.72. The van der Waals surface area contributed by atoms with E-state index in [0.717, 1.165) is 27.6 Å². The number of amides is 2.